The molecule has 0 aliphatic carbocycles. The van der Waals surface area contributed by atoms with Crippen LogP contribution in [0.1, 0.15) is 2.85 Å². The fourth-order valence-corrected chi connectivity index (χ4v) is 0. The van der Waals surface area contributed by atoms with Crippen molar-refractivity contribution < 1.29 is 13.1 Å². The van der Waals surface area contributed by atoms with Crippen LogP contribution in [0.2, 0.25) is 0 Å². The molecule has 0 aliphatic heterocycles. The molecule has 0 saturated heterocycles. The van der Waals surface area contributed by atoms with E-state index in [9.17, 15) is 0 Å². The molecule has 0 aromatic rings. The van der Waals surface area contributed by atoms with Crippen molar-refractivity contribution >= 4 is 52.3 Å². The van der Waals surface area contributed by atoms with Gasteiger partial charge in [-0.3, -0.25) is 0 Å². The molecule has 3 heteroatoms. The summed E-state index contributed by atoms with van der Waals surface area (Å²) in [6, 6.07) is 0. The molecule has 0 unspecified atom stereocenters. The van der Waals surface area contributed by atoms with Crippen LogP contribution in [0.4, 0.5) is 0 Å². The van der Waals surface area contributed by atoms with Gasteiger partial charge in [-0.1, -0.05) is 0 Å². The van der Waals surface area contributed by atoms with Crippen molar-refractivity contribution in [2.24, 2.45) is 0 Å². The Kier molecular flexibility index (Phi) is 156. The van der Waals surface area contributed by atoms with Crippen molar-refractivity contribution in [3.63, 3.8) is 0 Å². The van der Waals surface area contributed by atoms with Crippen LogP contribution in [0.3, 0.4) is 0 Å². The second-order valence-corrected chi connectivity index (χ2v) is 0. The first-order valence-electron chi connectivity index (χ1n) is 0.289. The van der Waals surface area contributed by atoms with Gasteiger partial charge in [0.2, 0.25) is 0 Å². The van der Waals surface area contributed by atoms with Crippen LogP contribution in [0.5, 0.6) is 0 Å². The Morgan fingerprint density at radius 3 is 1.50 bits per heavy atom. The molecule has 0 aliphatic rings. The quantitative estimate of drug-likeness (QED) is 0.389. The summed E-state index contributed by atoms with van der Waals surface area (Å²) in [5, 5.41) is 0. The summed E-state index contributed by atoms with van der Waals surface area (Å²) in [6.45, 7) is 2.00. The van der Waals surface area contributed by atoms with Gasteiger partial charge in [0.05, 0.1) is 0 Å². The van der Waals surface area contributed by atoms with Gasteiger partial charge in [-0.15, -0.1) is 0 Å². The zero-order chi connectivity index (χ0) is 2.00. The van der Waals surface area contributed by atoms with E-state index in [1.807, 2.05) is 6.79 Å². The second kappa shape index (κ2) is 32.2. The molecule has 0 aromatic heterocycles. The Bertz CT molecular complexity index is 11.5. The Morgan fingerprint density at radius 2 is 1.50 bits per heavy atom. The SMILES string of the molecule is C=O.O.[H-].[H-].[Sr+2]. The number of carbonyl (C=O) groups excluding carboxylic acids is 1. The second-order valence-electron chi connectivity index (χ2n) is 0. The molecule has 0 rings (SSSR count). The maximum absolute atomic E-state index is 8.00. The molecular formula is CH6O2Sr. The maximum Gasteiger partial charge on any atom is 2.00 e. The number of rotatable bonds is 0. The minimum Gasteiger partial charge on any atom is -1.00 e. The summed E-state index contributed by atoms with van der Waals surface area (Å²) >= 11 is 0. The van der Waals surface area contributed by atoms with E-state index in [1.54, 1.807) is 0 Å². The topological polar surface area (TPSA) is 48.6 Å². The Morgan fingerprint density at radius 1 is 1.50 bits per heavy atom. The number of hydrogen-bond donors (Lipinski definition) is 0. The Hall–Kier alpha value is 1.11. The zero-order valence-corrected chi connectivity index (χ0v) is 5.80. The van der Waals surface area contributed by atoms with Crippen molar-refractivity contribution in [1.29, 1.82) is 0 Å². The normalized spacial score (nSPS) is 1.00. The maximum atomic E-state index is 8.00. The predicted molar refractivity (Wildman–Crippen MR) is 18.7 cm³/mol. The van der Waals surface area contributed by atoms with Gasteiger partial charge in [0.15, 0.2) is 0 Å². The third-order valence-electron chi connectivity index (χ3n) is 0. The van der Waals surface area contributed by atoms with Gasteiger partial charge in [0.25, 0.3) is 0 Å². The first-order chi connectivity index (χ1) is 1.00. The fraction of sp³-hybridized carbons (Fsp3) is 0. The summed E-state index contributed by atoms with van der Waals surface area (Å²) in [5.41, 5.74) is 0. The summed E-state index contributed by atoms with van der Waals surface area (Å²) in [4.78, 5) is 8.00. The Labute approximate surface area is 64.7 Å². The molecular weight excluding hydrogens is 132 g/mol. The molecule has 0 amide bonds. The third kappa shape index (κ3) is 11.2. The van der Waals surface area contributed by atoms with Gasteiger partial charge >= 0.3 is 45.5 Å². The summed E-state index contributed by atoms with van der Waals surface area (Å²) < 4.78 is 0. The van der Waals surface area contributed by atoms with E-state index >= 15 is 0 Å². The Balaban J connectivity index is -0.000000000833. The van der Waals surface area contributed by atoms with E-state index < -0.39 is 0 Å². The molecule has 2 N–H and O–H groups in total. The molecule has 0 atom stereocenters. The molecule has 0 saturated carbocycles. The van der Waals surface area contributed by atoms with Gasteiger partial charge in [-0.25, -0.2) is 0 Å². The van der Waals surface area contributed by atoms with Crippen LogP contribution in [0.25, 0.3) is 0 Å². The number of hydrogen-bond acceptors (Lipinski definition) is 1. The van der Waals surface area contributed by atoms with Crippen LogP contribution >= 0.6 is 0 Å². The zero-order valence-electron chi connectivity index (χ0n) is 4.32. The van der Waals surface area contributed by atoms with E-state index in [4.69, 9.17) is 4.79 Å². The van der Waals surface area contributed by atoms with E-state index in [2.05, 4.69) is 0 Å². The average molecular weight is 138 g/mol. The van der Waals surface area contributed by atoms with Crippen molar-refractivity contribution in [2.45, 2.75) is 0 Å². The van der Waals surface area contributed by atoms with Crippen molar-refractivity contribution in [2.75, 3.05) is 0 Å². The van der Waals surface area contributed by atoms with Crippen LogP contribution in [-0.2, 0) is 4.79 Å². The van der Waals surface area contributed by atoms with Crippen LogP contribution < -0.4 is 0 Å². The smallest absolute Gasteiger partial charge is 1.00 e. The third-order valence-corrected chi connectivity index (χ3v) is 0. The van der Waals surface area contributed by atoms with Crippen molar-refractivity contribution in [3.8, 4) is 0 Å². The molecule has 0 heterocycles. The molecule has 24 valence electrons. The van der Waals surface area contributed by atoms with E-state index in [-0.39, 0.29) is 53.8 Å². The molecule has 0 radical (unpaired) electrons. The molecule has 4 heavy (non-hydrogen) atoms. The largest absolute Gasteiger partial charge is 2.00 e. The van der Waals surface area contributed by atoms with Crippen LogP contribution in [0, 0.1) is 0 Å². The van der Waals surface area contributed by atoms with Crippen molar-refractivity contribution in [1.82, 2.24) is 0 Å². The van der Waals surface area contributed by atoms with Crippen LogP contribution in [0.15, 0.2) is 0 Å². The van der Waals surface area contributed by atoms with Gasteiger partial charge in [-0.05, 0) is 0 Å². The first kappa shape index (κ1) is 19.4. The fourth-order valence-electron chi connectivity index (χ4n) is 0. The van der Waals surface area contributed by atoms with Gasteiger partial charge < -0.3 is 13.1 Å². The van der Waals surface area contributed by atoms with Gasteiger partial charge in [0.1, 0.15) is 6.79 Å². The average Bonchev–Trinajstić information content (AvgIpc) is 1.00. The molecule has 0 aromatic carbocycles. The molecule has 2 nitrogen and oxygen atoms in total. The van der Waals surface area contributed by atoms with Gasteiger partial charge in [-0.2, -0.15) is 0 Å². The van der Waals surface area contributed by atoms with Crippen molar-refractivity contribution in [3.05, 3.63) is 0 Å². The molecule has 0 spiro atoms. The number of carbonyl (C=O) groups is 1. The van der Waals surface area contributed by atoms with E-state index in [0.717, 1.165) is 0 Å². The minimum absolute atomic E-state index is 0. The first-order valence-corrected chi connectivity index (χ1v) is 0.289. The summed E-state index contributed by atoms with van der Waals surface area (Å²) in [5.74, 6) is 0. The standard InChI is InChI=1S/CH2O.H2O.Sr.2H/c1-2;;;;/h1H2;1H2;;;/q;;+2;2*-1. The van der Waals surface area contributed by atoms with Crippen LogP contribution in [-0.4, -0.2) is 57.7 Å². The van der Waals surface area contributed by atoms with E-state index in [0.29, 0.717) is 0 Å². The summed E-state index contributed by atoms with van der Waals surface area (Å²) in [7, 11) is 0. The van der Waals surface area contributed by atoms with E-state index in [1.165, 1.54) is 0 Å². The summed E-state index contributed by atoms with van der Waals surface area (Å²) in [6.07, 6.45) is 0. The molecule has 0 bridgehead atoms. The molecule has 0 fully saturated rings. The minimum atomic E-state index is 0. The monoisotopic (exact) mass is 138 g/mol. The van der Waals surface area contributed by atoms with Gasteiger partial charge in [0, 0.05) is 0 Å². The predicted octanol–water partition coefficient (Wildman–Crippen LogP) is -1.17.